The summed E-state index contributed by atoms with van der Waals surface area (Å²) in [7, 11) is 0. The Balaban J connectivity index is 5.26. The lowest BCUT2D eigenvalue weighted by atomic mass is 9.62. The quantitative estimate of drug-likeness (QED) is 0.306. The zero-order valence-electron chi connectivity index (χ0n) is 15.6. The van der Waals surface area contributed by atoms with Crippen LogP contribution >= 0.6 is 0 Å². The van der Waals surface area contributed by atoms with Gasteiger partial charge in [-0.05, 0) is 32.1 Å². The van der Waals surface area contributed by atoms with E-state index >= 15 is 4.39 Å². The smallest absolute Gasteiger partial charge is 0.116 e. The second-order valence-electron chi connectivity index (χ2n) is 7.01. The van der Waals surface area contributed by atoms with E-state index in [2.05, 4.69) is 34.6 Å². The summed E-state index contributed by atoms with van der Waals surface area (Å²) in [4.78, 5) is 0. The van der Waals surface area contributed by atoms with Crippen molar-refractivity contribution in [2.75, 3.05) is 0 Å². The number of hydrogen-bond donors (Lipinski definition) is 0. The molecule has 0 fully saturated rings. The highest BCUT2D eigenvalue weighted by molar-refractivity contribution is 4.98. The summed E-state index contributed by atoms with van der Waals surface area (Å²) in [6, 6.07) is 0. The fourth-order valence-electron chi connectivity index (χ4n) is 3.84. The lowest BCUT2D eigenvalue weighted by Gasteiger charge is -2.46. The first-order chi connectivity index (χ1) is 10.1. The van der Waals surface area contributed by atoms with Crippen molar-refractivity contribution in [2.24, 2.45) is 5.41 Å². The average molecular weight is 301 g/mol. The molecule has 0 heterocycles. The van der Waals surface area contributed by atoms with E-state index in [-0.39, 0.29) is 5.41 Å². The Labute approximate surface area is 134 Å². The third-order valence-electron chi connectivity index (χ3n) is 5.50. The maximum absolute atomic E-state index is 16.1. The van der Waals surface area contributed by atoms with Gasteiger partial charge in [0.1, 0.15) is 5.67 Å². The molecule has 0 aliphatic heterocycles. The van der Waals surface area contributed by atoms with Crippen LogP contribution in [0.15, 0.2) is 0 Å². The lowest BCUT2D eigenvalue weighted by molar-refractivity contribution is -0.0469. The second-order valence-corrected chi connectivity index (χ2v) is 7.01. The molecule has 0 aromatic heterocycles. The second kappa shape index (κ2) is 11.5. The van der Waals surface area contributed by atoms with Crippen molar-refractivity contribution < 1.29 is 4.39 Å². The molecule has 128 valence electrons. The predicted molar refractivity (Wildman–Crippen MR) is 94.7 cm³/mol. The summed E-state index contributed by atoms with van der Waals surface area (Å²) in [6.45, 7) is 11.1. The number of rotatable bonds is 14. The summed E-state index contributed by atoms with van der Waals surface area (Å²) in [5.41, 5.74) is -0.999. The highest BCUT2D eigenvalue weighted by Crippen LogP contribution is 2.51. The first-order valence-electron chi connectivity index (χ1n) is 9.74. The maximum atomic E-state index is 16.1. The van der Waals surface area contributed by atoms with E-state index in [1.807, 2.05) is 0 Å². The fourth-order valence-corrected chi connectivity index (χ4v) is 3.84. The van der Waals surface area contributed by atoms with Crippen molar-refractivity contribution in [2.45, 2.75) is 124 Å². The molecule has 0 bridgehead atoms. The normalized spacial score (nSPS) is 12.9. The van der Waals surface area contributed by atoms with Gasteiger partial charge in [-0.3, -0.25) is 0 Å². The molecule has 0 spiro atoms. The van der Waals surface area contributed by atoms with Crippen molar-refractivity contribution in [3.05, 3.63) is 0 Å². The van der Waals surface area contributed by atoms with E-state index in [1.54, 1.807) is 0 Å². The minimum atomic E-state index is -0.932. The number of halogens is 1. The number of unbranched alkanes of at least 4 members (excludes halogenated alkanes) is 4. The fraction of sp³-hybridized carbons (Fsp3) is 1.00. The molecule has 0 radical (unpaired) electrons. The van der Waals surface area contributed by atoms with Crippen molar-refractivity contribution in [1.82, 2.24) is 0 Å². The van der Waals surface area contributed by atoms with Crippen LogP contribution in [0.3, 0.4) is 0 Å². The molecule has 0 aromatic carbocycles. The van der Waals surface area contributed by atoms with Crippen molar-refractivity contribution in [1.29, 1.82) is 0 Å². The Kier molecular flexibility index (Phi) is 11.5. The van der Waals surface area contributed by atoms with Gasteiger partial charge in [0.15, 0.2) is 0 Å². The topological polar surface area (TPSA) is 0 Å². The monoisotopic (exact) mass is 300 g/mol. The van der Waals surface area contributed by atoms with Gasteiger partial charge < -0.3 is 0 Å². The average Bonchev–Trinajstić information content (AvgIpc) is 2.51. The molecule has 0 amide bonds. The third kappa shape index (κ3) is 6.28. The van der Waals surface area contributed by atoms with Crippen molar-refractivity contribution in [3.63, 3.8) is 0 Å². The van der Waals surface area contributed by atoms with Gasteiger partial charge in [0.25, 0.3) is 0 Å². The van der Waals surface area contributed by atoms with Gasteiger partial charge in [0.2, 0.25) is 0 Å². The summed E-state index contributed by atoms with van der Waals surface area (Å²) >= 11 is 0. The molecule has 0 rings (SSSR count). The molecule has 0 nitrogen and oxygen atoms in total. The molecule has 0 saturated carbocycles. The number of hydrogen-bond acceptors (Lipinski definition) is 0. The first-order valence-corrected chi connectivity index (χ1v) is 9.74. The molecule has 0 N–H and O–H groups in total. The Bertz CT molecular complexity index is 218. The van der Waals surface area contributed by atoms with E-state index in [1.165, 1.54) is 25.7 Å². The van der Waals surface area contributed by atoms with Crippen LogP contribution < -0.4 is 0 Å². The van der Waals surface area contributed by atoms with Gasteiger partial charge in [-0.15, -0.1) is 0 Å². The Hall–Kier alpha value is -0.0700. The minimum absolute atomic E-state index is 0.0661. The van der Waals surface area contributed by atoms with Crippen LogP contribution in [0.25, 0.3) is 0 Å². The molecular weight excluding hydrogens is 259 g/mol. The SMILES string of the molecule is CCCCC(F)(CCCC)C(CC)(CCCC)CCCC. The summed E-state index contributed by atoms with van der Waals surface area (Å²) in [5, 5.41) is 0. The summed E-state index contributed by atoms with van der Waals surface area (Å²) < 4.78 is 16.1. The molecule has 0 aliphatic carbocycles. The zero-order chi connectivity index (χ0) is 16.2. The van der Waals surface area contributed by atoms with Gasteiger partial charge in [-0.2, -0.15) is 0 Å². The van der Waals surface area contributed by atoms with Crippen LogP contribution in [-0.2, 0) is 0 Å². The van der Waals surface area contributed by atoms with Crippen molar-refractivity contribution >= 4 is 0 Å². The molecule has 0 atom stereocenters. The maximum Gasteiger partial charge on any atom is 0.116 e. The molecule has 1 heteroatoms. The van der Waals surface area contributed by atoms with Gasteiger partial charge in [0.05, 0.1) is 0 Å². The van der Waals surface area contributed by atoms with Gasteiger partial charge in [-0.1, -0.05) is 86.0 Å². The summed E-state index contributed by atoms with van der Waals surface area (Å²) in [5.74, 6) is 0. The summed E-state index contributed by atoms with van der Waals surface area (Å²) in [6.07, 6.45) is 13.8. The molecule has 0 saturated heterocycles. The Morgan fingerprint density at radius 3 is 1.19 bits per heavy atom. The van der Waals surface area contributed by atoms with Crippen LogP contribution in [0.4, 0.5) is 4.39 Å². The molecule has 21 heavy (non-hydrogen) atoms. The largest absolute Gasteiger partial charge is 0.243 e. The lowest BCUT2D eigenvalue weighted by Crippen LogP contribution is -2.45. The van der Waals surface area contributed by atoms with E-state index in [0.717, 1.165) is 57.8 Å². The minimum Gasteiger partial charge on any atom is -0.243 e. The zero-order valence-corrected chi connectivity index (χ0v) is 15.6. The van der Waals surface area contributed by atoms with Crippen molar-refractivity contribution in [3.8, 4) is 0 Å². The first kappa shape index (κ1) is 20.9. The van der Waals surface area contributed by atoms with Crippen LogP contribution in [0.1, 0.15) is 118 Å². The van der Waals surface area contributed by atoms with E-state index in [0.29, 0.717) is 0 Å². The molecule has 0 aromatic rings. The molecular formula is C20H41F. The van der Waals surface area contributed by atoms with E-state index in [9.17, 15) is 0 Å². The van der Waals surface area contributed by atoms with E-state index < -0.39 is 5.67 Å². The molecule has 0 unspecified atom stereocenters. The van der Waals surface area contributed by atoms with Gasteiger partial charge in [0, 0.05) is 5.41 Å². The van der Waals surface area contributed by atoms with Gasteiger partial charge >= 0.3 is 0 Å². The standard InChI is InChI=1S/C20H41F/c1-6-11-15-19(10-5,16-12-7-2)20(21,17-13-8-3)18-14-9-4/h6-18H2,1-5H3. The van der Waals surface area contributed by atoms with Crippen LogP contribution in [0.2, 0.25) is 0 Å². The third-order valence-corrected chi connectivity index (χ3v) is 5.50. The van der Waals surface area contributed by atoms with E-state index in [4.69, 9.17) is 0 Å². The highest BCUT2D eigenvalue weighted by atomic mass is 19.1. The van der Waals surface area contributed by atoms with Crippen LogP contribution in [0.5, 0.6) is 0 Å². The van der Waals surface area contributed by atoms with Crippen LogP contribution in [-0.4, -0.2) is 5.67 Å². The predicted octanol–water partition coefficient (Wildman–Crippen LogP) is 7.85. The number of alkyl halides is 1. The highest BCUT2D eigenvalue weighted by Gasteiger charge is 2.48. The Morgan fingerprint density at radius 2 is 0.905 bits per heavy atom. The van der Waals surface area contributed by atoms with Crippen LogP contribution in [0, 0.1) is 5.41 Å². The molecule has 0 aliphatic rings. The van der Waals surface area contributed by atoms with Gasteiger partial charge in [-0.25, -0.2) is 4.39 Å². The Morgan fingerprint density at radius 1 is 0.571 bits per heavy atom.